The lowest BCUT2D eigenvalue weighted by Crippen LogP contribution is -2.46. The van der Waals surface area contributed by atoms with Crippen molar-refractivity contribution in [2.24, 2.45) is 17.6 Å². The fourth-order valence-electron chi connectivity index (χ4n) is 7.12. The monoisotopic (exact) mass is 537 g/mol. The van der Waals surface area contributed by atoms with E-state index in [1.165, 1.54) is 36.2 Å². The predicted molar refractivity (Wildman–Crippen MR) is 157 cm³/mol. The molecule has 0 saturated heterocycles. The zero-order chi connectivity index (χ0) is 27.5. The molecule has 214 valence electrons. The van der Waals surface area contributed by atoms with Crippen LogP contribution in [0.5, 0.6) is 0 Å². The van der Waals surface area contributed by atoms with Crippen LogP contribution in [-0.4, -0.2) is 64.4 Å². The summed E-state index contributed by atoms with van der Waals surface area (Å²) in [6, 6.07) is 9.15. The van der Waals surface area contributed by atoms with Gasteiger partial charge in [-0.1, -0.05) is 26.8 Å². The van der Waals surface area contributed by atoms with Crippen LogP contribution >= 0.6 is 0 Å². The molecule has 9 nitrogen and oxygen atoms in total. The van der Waals surface area contributed by atoms with Crippen molar-refractivity contribution in [3.05, 3.63) is 41.6 Å². The zero-order valence-electron chi connectivity index (χ0n) is 23.8. The Bertz CT molecular complexity index is 1170. The Morgan fingerprint density at radius 3 is 2.56 bits per heavy atom. The number of nitrogens with two attached hydrogens (primary N) is 1. The van der Waals surface area contributed by atoms with E-state index < -0.39 is 12.2 Å². The van der Waals surface area contributed by atoms with E-state index >= 15 is 0 Å². The fraction of sp³-hybridized carbons (Fsp3) is 0.667. The highest BCUT2D eigenvalue weighted by atomic mass is 16.3. The van der Waals surface area contributed by atoms with Crippen molar-refractivity contribution in [1.29, 1.82) is 0 Å². The number of hydrogen-bond acceptors (Lipinski definition) is 8. The van der Waals surface area contributed by atoms with Crippen LogP contribution in [0.1, 0.15) is 76.2 Å². The van der Waals surface area contributed by atoms with Crippen LogP contribution < -0.4 is 27.0 Å². The number of hydrogen-bond donors (Lipinski definition) is 7. The van der Waals surface area contributed by atoms with E-state index in [2.05, 4.69) is 76.8 Å². The molecule has 0 radical (unpaired) electrons. The van der Waals surface area contributed by atoms with Crippen molar-refractivity contribution in [3.63, 3.8) is 0 Å². The number of rotatable bonds is 7. The number of aliphatic hydroxyl groups is 2. The van der Waals surface area contributed by atoms with Crippen molar-refractivity contribution in [2.75, 3.05) is 36.2 Å². The van der Waals surface area contributed by atoms with Gasteiger partial charge in [-0.3, -0.25) is 5.32 Å². The van der Waals surface area contributed by atoms with Gasteiger partial charge in [0.05, 0.1) is 42.5 Å². The van der Waals surface area contributed by atoms with Gasteiger partial charge in [0.15, 0.2) is 0 Å². The van der Waals surface area contributed by atoms with Gasteiger partial charge in [-0.05, 0) is 74.2 Å². The van der Waals surface area contributed by atoms with E-state index in [-0.39, 0.29) is 23.5 Å². The Hall–Kier alpha value is -2.30. The van der Waals surface area contributed by atoms with Gasteiger partial charge in [-0.2, -0.15) is 0 Å². The van der Waals surface area contributed by atoms with Gasteiger partial charge in [-0.25, -0.2) is 0 Å². The molecule has 1 aromatic heterocycles. The average Bonchev–Trinajstić information content (AvgIpc) is 3.54. The van der Waals surface area contributed by atoms with E-state index in [0.29, 0.717) is 18.9 Å². The molecule has 2 aromatic rings. The lowest BCUT2D eigenvalue weighted by atomic mass is 9.76. The maximum absolute atomic E-state index is 10.9. The number of nitrogens with zero attached hydrogens (tertiary/aromatic N) is 2. The van der Waals surface area contributed by atoms with E-state index in [0.717, 1.165) is 36.7 Å². The molecule has 0 bridgehead atoms. The quantitative estimate of drug-likeness (QED) is 0.287. The zero-order valence-corrected chi connectivity index (χ0v) is 23.8. The second-order valence-electron chi connectivity index (χ2n) is 13.5. The SMILES string of the molecule is CN(C[C@H]1C[C@@H](n2ccc3c2NCNC3N)[C@H](O)[C@@H]1O)C1CC(CCC2Nc3ccc(C(C)(C)C)cc3N2)C1. The molecule has 2 unspecified atom stereocenters. The highest BCUT2D eigenvalue weighted by Crippen LogP contribution is 2.42. The normalized spacial score (nSPS) is 33.6. The Kier molecular flexibility index (Phi) is 7.08. The summed E-state index contributed by atoms with van der Waals surface area (Å²) in [4.78, 5) is 2.42. The maximum atomic E-state index is 10.9. The van der Waals surface area contributed by atoms with Gasteiger partial charge in [0.2, 0.25) is 0 Å². The summed E-state index contributed by atoms with van der Waals surface area (Å²) in [6.45, 7) is 8.17. The second kappa shape index (κ2) is 10.3. The summed E-state index contributed by atoms with van der Waals surface area (Å²) >= 11 is 0. The molecule has 3 heterocycles. The summed E-state index contributed by atoms with van der Waals surface area (Å²) in [5.41, 5.74) is 11.1. The lowest BCUT2D eigenvalue weighted by Gasteiger charge is -2.43. The van der Waals surface area contributed by atoms with Crippen LogP contribution in [0.4, 0.5) is 17.2 Å². The summed E-state index contributed by atoms with van der Waals surface area (Å²) < 4.78 is 2.08. The van der Waals surface area contributed by atoms with Crippen molar-refractivity contribution < 1.29 is 10.2 Å². The molecule has 9 heteroatoms. The summed E-state index contributed by atoms with van der Waals surface area (Å²) in [5, 5.41) is 35.8. The first-order valence-electron chi connectivity index (χ1n) is 14.8. The van der Waals surface area contributed by atoms with E-state index in [1.54, 1.807) is 0 Å². The number of fused-ring (bicyclic) bond motifs is 2. The Balaban J connectivity index is 0.964. The minimum Gasteiger partial charge on any atom is -0.390 e. The first kappa shape index (κ1) is 26.9. The van der Waals surface area contributed by atoms with Gasteiger partial charge < -0.3 is 41.4 Å². The number of benzene rings is 1. The van der Waals surface area contributed by atoms with Crippen LogP contribution in [0.25, 0.3) is 0 Å². The molecule has 2 saturated carbocycles. The topological polar surface area (TPSA) is 123 Å². The highest BCUT2D eigenvalue weighted by Gasteiger charge is 2.45. The minimum absolute atomic E-state index is 0.0471. The molecule has 1 aromatic carbocycles. The second-order valence-corrected chi connectivity index (χ2v) is 13.5. The first-order chi connectivity index (χ1) is 18.6. The number of nitrogens with one attached hydrogen (secondary N) is 4. The summed E-state index contributed by atoms with van der Waals surface area (Å²) in [5.74, 6) is 1.75. The first-order valence-corrected chi connectivity index (χ1v) is 14.8. The molecule has 6 rings (SSSR count). The molecule has 6 atom stereocenters. The third kappa shape index (κ3) is 5.15. The molecule has 8 N–H and O–H groups in total. The van der Waals surface area contributed by atoms with Gasteiger partial charge in [0.1, 0.15) is 11.9 Å². The van der Waals surface area contributed by atoms with E-state index in [9.17, 15) is 10.2 Å². The third-order valence-corrected chi connectivity index (χ3v) is 9.75. The van der Waals surface area contributed by atoms with Crippen LogP contribution in [0.15, 0.2) is 30.5 Å². The van der Waals surface area contributed by atoms with Gasteiger partial charge in [-0.15, -0.1) is 0 Å². The average molecular weight is 538 g/mol. The molecule has 2 aliphatic heterocycles. The van der Waals surface area contributed by atoms with E-state index in [4.69, 9.17) is 5.73 Å². The Labute approximate surface area is 232 Å². The molecule has 2 fully saturated rings. The van der Waals surface area contributed by atoms with Crippen LogP contribution in [0, 0.1) is 11.8 Å². The van der Waals surface area contributed by atoms with Crippen LogP contribution in [-0.2, 0) is 5.41 Å². The lowest BCUT2D eigenvalue weighted by molar-refractivity contribution is -0.00683. The number of anilines is 3. The number of aliphatic hydroxyl groups excluding tert-OH is 2. The molecule has 0 amide bonds. The Morgan fingerprint density at radius 2 is 1.79 bits per heavy atom. The van der Waals surface area contributed by atoms with Crippen LogP contribution in [0.2, 0.25) is 0 Å². The fourth-order valence-corrected chi connectivity index (χ4v) is 7.12. The highest BCUT2D eigenvalue weighted by molar-refractivity contribution is 5.75. The van der Waals surface area contributed by atoms with Crippen molar-refractivity contribution in [3.8, 4) is 0 Å². The van der Waals surface area contributed by atoms with Crippen LogP contribution in [0.3, 0.4) is 0 Å². The smallest absolute Gasteiger partial charge is 0.113 e. The maximum Gasteiger partial charge on any atom is 0.113 e. The minimum atomic E-state index is -0.781. The van der Waals surface area contributed by atoms with Crippen molar-refractivity contribution in [2.45, 2.75) is 94.9 Å². The largest absolute Gasteiger partial charge is 0.390 e. The molecular weight excluding hydrogens is 490 g/mol. The molecule has 2 aliphatic carbocycles. The Morgan fingerprint density at radius 1 is 1.03 bits per heavy atom. The van der Waals surface area contributed by atoms with Crippen molar-refractivity contribution >= 4 is 17.2 Å². The van der Waals surface area contributed by atoms with Gasteiger partial charge in [0, 0.05) is 30.3 Å². The van der Waals surface area contributed by atoms with Gasteiger partial charge >= 0.3 is 0 Å². The predicted octanol–water partition coefficient (Wildman–Crippen LogP) is 3.35. The standard InChI is InChI=1S/C30H47N7O2/c1-30(2,3)19-6-7-22-23(14-19)35-25(34-22)8-5-17-11-20(12-17)36(4)15-18-13-24(27(39)26(18)38)37-10-9-21-28(31)32-16-33-29(21)37/h6-7,9-10,14,17-18,20,24-28,32-35,38-39H,5,8,11-13,15-16,31H2,1-4H3/t17?,18-,20?,24-,25?,26-,27+,28?/m1/s1. The van der Waals surface area contributed by atoms with Gasteiger partial charge in [0.25, 0.3) is 0 Å². The number of aromatic nitrogens is 1. The molecule has 4 aliphatic rings. The van der Waals surface area contributed by atoms with Crippen molar-refractivity contribution in [1.82, 2.24) is 14.8 Å². The summed E-state index contributed by atoms with van der Waals surface area (Å²) in [7, 11) is 2.18. The molecule has 39 heavy (non-hydrogen) atoms. The summed E-state index contributed by atoms with van der Waals surface area (Å²) in [6.07, 6.45) is 6.08. The van der Waals surface area contributed by atoms with E-state index in [1.807, 2.05) is 12.3 Å². The third-order valence-electron chi connectivity index (χ3n) is 9.75. The molecular formula is C30H47N7O2. The molecule has 0 spiro atoms.